The van der Waals surface area contributed by atoms with E-state index in [1.165, 1.54) is 19.0 Å². The lowest BCUT2D eigenvalue weighted by Gasteiger charge is -2.02. The van der Waals surface area contributed by atoms with Crippen molar-refractivity contribution in [2.24, 2.45) is 0 Å². The summed E-state index contributed by atoms with van der Waals surface area (Å²) < 4.78 is 28.6. The molecule has 7 nitrogen and oxygen atoms in total. The summed E-state index contributed by atoms with van der Waals surface area (Å²) >= 11 is 0. The Bertz CT molecular complexity index is 715. The van der Waals surface area contributed by atoms with Crippen molar-refractivity contribution >= 4 is 10.0 Å². The molecule has 1 saturated carbocycles. The molecule has 1 aliphatic rings. The maximum absolute atomic E-state index is 12.2. The van der Waals surface area contributed by atoms with E-state index in [9.17, 15) is 8.42 Å². The van der Waals surface area contributed by atoms with E-state index >= 15 is 0 Å². The van der Waals surface area contributed by atoms with E-state index in [-0.39, 0.29) is 11.4 Å². The zero-order valence-electron chi connectivity index (χ0n) is 11.9. The zero-order chi connectivity index (χ0) is 14.9. The Morgan fingerprint density at radius 1 is 1.48 bits per heavy atom. The number of sulfonamides is 1. The van der Waals surface area contributed by atoms with Crippen molar-refractivity contribution in [3.8, 4) is 0 Å². The second kappa shape index (κ2) is 5.61. The molecule has 0 spiro atoms. The number of hydrogen-bond donors (Lipinski definition) is 2. The van der Waals surface area contributed by atoms with Gasteiger partial charge in [0, 0.05) is 18.7 Å². The van der Waals surface area contributed by atoms with Crippen LogP contribution >= 0.6 is 0 Å². The van der Waals surface area contributed by atoms with Gasteiger partial charge in [0.15, 0.2) is 0 Å². The van der Waals surface area contributed by atoms with Gasteiger partial charge in [0.25, 0.3) is 0 Å². The van der Waals surface area contributed by atoms with Gasteiger partial charge in [0.2, 0.25) is 10.0 Å². The van der Waals surface area contributed by atoms with Gasteiger partial charge in [-0.05, 0) is 25.3 Å². The highest BCUT2D eigenvalue weighted by Gasteiger charge is 2.26. The van der Waals surface area contributed by atoms with Crippen LogP contribution in [0.4, 0.5) is 0 Å². The van der Waals surface area contributed by atoms with E-state index in [1.54, 1.807) is 10.9 Å². The molecule has 0 aromatic carbocycles. The molecule has 0 radical (unpaired) electrons. The van der Waals surface area contributed by atoms with Crippen molar-refractivity contribution in [2.75, 3.05) is 0 Å². The monoisotopic (exact) mass is 309 g/mol. The SMILES string of the molecule is CCCn1cc(S(=O)(=O)NCc2cc(C3CC3)n[nH]2)cn1. The van der Waals surface area contributed by atoms with Crippen LogP contribution in [-0.4, -0.2) is 28.4 Å². The summed E-state index contributed by atoms with van der Waals surface area (Å²) in [6.45, 7) is 2.94. The summed E-state index contributed by atoms with van der Waals surface area (Å²) in [6.07, 6.45) is 6.18. The maximum atomic E-state index is 12.2. The first kappa shape index (κ1) is 14.3. The van der Waals surface area contributed by atoms with Gasteiger partial charge >= 0.3 is 0 Å². The molecule has 0 amide bonds. The van der Waals surface area contributed by atoms with E-state index in [2.05, 4.69) is 20.0 Å². The molecule has 0 saturated heterocycles. The maximum Gasteiger partial charge on any atom is 0.244 e. The zero-order valence-corrected chi connectivity index (χ0v) is 12.7. The third kappa shape index (κ3) is 3.33. The molecule has 0 aliphatic heterocycles. The molecule has 114 valence electrons. The van der Waals surface area contributed by atoms with Crippen molar-refractivity contribution in [1.82, 2.24) is 24.7 Å². The number of nitrogens with one attached hydrogen (secondary N) is 2. The van der Waals surface area contributed by atoms with Gasteiger partial charge in [0.05, 0.1) is 24.1 Å². The van der Waals surface area contributed by atoms with Gasteiger partial charge < -0.3 is 0 Å². The minimum Gasteiger partial charge on any atom is -0.281 e. The van der Waals surface area contributed by atoms with E-state index < -0.39 is 10.0 Å². The van der Waals surface area contributed by atoms with Crippen molar-refractivity contribution in [3.05, 3.63) is 29.8 Å². The Hall–Kier alpha value is -1.67. The molecule has 1 fully saturated rings. The topological polar surface area (TPSA) is 92.7 Å². The van der Waals surface area contributed by atoms with Crippen LogP contribution in [0.2, 0.25) is 0 Å². The number of H-pyrrole nitrogens is 1. The van der Waals surface area contributed by atoms with Crippen LogP contribution in [0, 0.1) is 0 Å². The fourth-order valence-electron chi connectivity index (χ4n) is 2.15. The molecule has 2 aromatic rings. The minimum absolute atomic E-state index is 0.192. The van der Waals surface area contributed by atoms with Crippen molar-refractivity contribution in [2.45, 2.75) is 50.1 Å². The predicted molar refractivity (Wildman–Crippen MR) is 77.1 cm³/mol. The fraction of sp³-hybridized carbons (Fsp3) is 0.538. The molecule has 2 N–H and O–H groups in total. The predicted octanol–water partition coefficient (Wildman–Crippen LogP) is 1.37. The van der Waals surface area contributed by atoms with Crippen molar-refractivity contribution in [3.63, 3.8) is 0 Å². The molecule has 0 bridgehead atoms. The largest absolute Gasteiger partial charge is 0.281 e. The summed E-state index contributed by atoms with van der Waals surface area (Å²) in [5.41, 5.74) is 1.81. The highest BCUT2D eigenvalue weighted by Crippen LogP contribution is 2.38. The molecule has 21 heavy (non-hydrogen) atoms. The lowest BCUT2D eigenvalue weighted by molar-refractivity contribution is 0.578. The standard InChI is InChI=1S/C13H19N5O2S/c1-2-5-18-9-12(8-14-18)21(19,20)15-7-11-6-13(17-16-11)10-3-4-10/h6,8-10,15H,2-5,7H2,1H3,(H,16,17). The summed E-state index contributed by atoms with van der Waals surface area (Å²) in [5, 5.41) is 11.1. The van der Waals surface area contributed by atoms with Gasteiger partial charge in [-0.25, -0.2) is 13.1 Å². The first-order chi connectivity index (χ1) is 10.1. The van der Waals surface area contributed by atoms with Crippen LogP contribution < -0.4 is 4.72 Å². The first-order valence-corrected chi connectivity index (χ1v) is 8.63. The summed E-state index contributed by atoms with van der Waals surface area (Å²) in [4.78, 5) is 0.192. The molecule has 8 heteroatoms. The van der Waals surface area contributed by atoms with Crippen molar-refractivity contribution in [1.29, 1.82) is 0 Å². The summed E-state index contributed by atoms with van der Waals surface area (Å²) in [5.74, 6) is 0.555. The summed E-state index contributed by atoms with van der Waals surface area (Å²) in [7, 11) is -3.53. The minimum atomic E-state index is -3.53. The smallest absolute Gasteiger partial charge is 0.244 e. The number of aryl methyl sites for hydroxylation is 1. The number of nitrogens with zero attached hydrogens (tertiary/aromatic N) is 3. The Kier molecular flexibility index (Phi) is 3.81. The Morgan fingerprint density at radius 2 is 2.29 bits per heavy atom. The molecular formula is C13H19N5O2S. The van der Waals surface area contributed by atoms with Gasteiger partial charge in [-0.1, -0.05) is 6.92 Å². The quantitative estimate of drug-likeness (QED) is 0.808. The number of rotatable bonds is 7. The molecule has 0 unspecified atom stereocenters. The van der Waals surface area contributed by atoms with E-state index in [0.717, 1.165) is 17.8 Å². The molecule has 0 atom stereocenters. The fourth-order valence-corrected chi connectivity index (χ4v) is 3.11. The molecule has 1 aliphatic carbocycles. The van der Waals surface area contributed by atoms with Crippen molar-refractivity contribution < 1.29 is 8.42 Å². The summed E-state index contributed by atoms with van der Waals surface area (Å²) in [6, 6.07) is 1.93. The third-order valence-corrected chi connectivity index (χ3v) is 4.83. The van der Waals surface area contributed by atoms with E-state index in [0.29, 0.717) is 12.5 Å². The average molecular weight is 309 g/mol. The second-order valence-electron chi connectivity index (χ2n) is 5.36. The molecule has 2 heterocycles. The highest BCUT2D eigenvalue weighted by atomic mass is 32.2. The highest BCUT2D eigenvalue weighted by molar-refractivity contribution is 7.89. The second-order valence-corrected chi connectivity index (χ2v) is 7.12. The van der Waals surface area contributed by atoms with Crippen LogP contribution in [-0.2, 0) is 23.1 Å². The first-order valence-electron chi connectivity index (χ1n) is 7.15. The average Bonchev–Trinajstić information content (AvgIpc) is 3.01. The Morgan fingerprint density at radius 3 is 3.00 bits per heavy atom. The van der Waals surface area contributed by atoms with E-state index in [4.69, 9.17) is 0 Å². The normalized spacial score (nSPS) is 15.5. The van der Waals surface area contributed by atoms with Crippen LogP contribution in [0.5, 0.6) is 0 Å². The molecule has 3 rings (SSSR count). The van der Waals surface area contributed by atoms with Crippen LogP contribution in [0.15, 0.2) is 23.4 Å². The van der Waals surface area contributed by atoms with E-state index in [1.807, 2.05) is 13.0 Å². The molecule has 2 aromatic heterocycles. The van der Waals surface area contributed by atoms with Crippen LogP contribution in [0.25, 0.3) is 0 Å². The lowest BCUT2D eigenvalue weighted by Crippen LogP contribution is -2.23. The van der Waals surface area contributed by atoms with Crippen LogP contribution in [0.3, 0.4) is 0 Å². The Balaban J connectivity index is 1.64. The van der Waals surface area contributed by atoms with Gasteiger partial charge in [-0.15, -0.1) is 0 Å². The van der Waals surface area contributed by atoms with Gasteiger partial charge in [-0.2, -0.15) is 10.2 Å². The van der Waals surface area contributed by atoms with Gasteiger partial charge in [-0.3, -0.25) is 9.78 Å². The molecular weight excluding hydrogens is 290 g/mol. The number of hydrogen-bond acceptors (Lipinski definition) is 4. The third-order valence-electron chi connectivity index (χ3n) is 3.47. The Labute approximate surface area is 123 Å². The van der Waals surface area contributed by atoms with Crippen LogP contribution in [0.1, 0.15) is 43.5 Å². The lowest BCUT2D eigenvalue weighted by atomic mass is 10.3. The van der Waals surface area contributed by atoms with Gasteiger partial charge in [0.1, 0.15) is 4.90 Å². The number of aromatic amines is 1. The number of aromatic nitrogens is 4.